The van der Waals surface area contributed by atoms with Gasteiger partial charge in [0.15, 0.2) is 0 Å². The van der Waals surface area contributed by atoms with Gasteiger partial charge in [0.05, 0.1) is 12.6 Å². The van der Waals surface area contributed by atoms with Gasteiger partial charge in [0, 0.05) is 12.2 Å². The number of nitriles is 1. The van der Waals surface area contributed by atoms with Crippen LogP contribution in [0.1, 0.15) is 17.5 Å². The first-order valence-electron chi connectivity index (χ1n) is 7.31. The molecule has 1 aliphatic rings. The number of anilines is 1. The van der Waals surface area contributed by atoms with E-state index in [-0.39, 0.29) is 0 Å². The van der Waals surface area contributed by atoms with Crippen LogP contribution in [-0.2, 0) is 12.0 Å². The number of aryl methyl sites for hydroxylation is 1. The van der Waals surface area contributed by atoms with Crippen molar-refractivity contribution in [2.75, 3.05) is 18.0 Å². The molecule has 1 unspecified atom stereocenters. The maximum Gasteiger partial charge on any atom is 0.147 e. The van der Waals surface area contributed by atoms with Gasteiger partial charge in [0.2, 0.25) is 0 Å². The monoisotopic (exact) mass is 277 g/mol. The van der Waals surface area contributed by atoms with Crippen LogP contribution < -0.4 is 10.6 Å². The van der Waals surface area contributed by atoms with Crippen molar-refractivity contribution in [3.63, 3.8) is 0 Å². The van der Waals surface area contributed by atoms with Crippen LogP contribution in [0.2, 0.25) is 0 Å². The van der Waals surface area contributed by atoms with E-state index in [0.717, 1.165) is 24.9 Å². The van der Waals surface area contributed by atoms with Gasteiger partial charge in [-0.2, -0.15) is 5.26 Å². The molecule has 1 heterocycles. The lowest BCUT2D eigenvalue weighted by atomic mass is 9.90. The predicted octanol–water partition coefficient (Wildman–Crippen LogP) is 2.82. The molecule has 3 nitrogen and oxygen atoms in total. The third kappa shape index (κ3) is 2.63. The van der Waals surface area contributed by atoms with Gasteiger partial charge in [-0.3, -0.25) is 0 Å². The van der Waals surface area contributed by atoms with E-state index in [1.807, 2.05) is 36.4 Å². The number of nitrogens with zero attached hydrogens (tertiary/aromatic N) is 2. The molecule has 0 amide bonds. The molecule has 3 rings (SSSR count). The lowest BCUT2D eigenvalue weighted by molar-refractivity contribution is 0.537. The molecule has 0 aliphatic carbocycles. The van der Waals surface area contributed by atoms with Gasteiger partial charge in [0.25, 0.3) is 0 Å². The number of fused-ring (bicyclic) bond motifs is 1. The van der Waals surface area contributed by atoms with Crippen molar-refractivity contribution in [3.8, 4) is 6.07 Å². The minimum Gasteiger partial charge on any atom is -0.368 e. The number of benzene rings is 2. The average molecular weight is 277 g/mol. The minimum atomic E-state index is -0.980. The molecule has 0 fully saturated rings. The van der Waals surface area contributed by atoms with Crippen molar-refractivity contribution in [1.82, 2.24) is 0 Å². The third-order valence-corrected chi connectivity index (χ3v) is 4.14. The molecule has 1 aliphatic heterocycles. The standard InChI is InChI=1S/C18H19N3/c19-13-18(20,16-9-2-1-3-10-16)14-21-12-6-8-15-7-4-5-11-17(15)21/h1-5,7,9-11H,6,8,12,14,20H2. The normalized spacial score (nSPS) is 16.7. The molecule has 106 valence electrons. The molecular weight excluding hydrogens is 258 g/mol. The Bertz CT molecular complexity index is 660. The summed E-state index contributed by atoms with van der Waals surface area (Å²) in [5.74, 6) is 0. The van der Waals surface area contributed by atoms with Gasteiger partial charge < -0.3 is 10.6 Å². The Morgan fingerprint density at radius 1 is 1.10 bits per heavy atom. The summed E-state index contributed by atoms with van der Waals surface area (Å²) in [6, 6.07) is 20.4. The Morgan fingerprint density at radius 3 is 2.57 bits per heavy atom. The number of hydrogen-bond donors (Lipinski definition) is 1. The summed E-state index contributed by atoms with van der Waals surface area (Å²) in [7, 11) is 0. The van der Waals surface area contributed by atoms with Gasteiger partial charge in [-0.25, -0.2) is 0 Å². The van der Waals surface area contributed by atoms with Crippen LogP contribution >= 0.6 is 0 Å². The fourth-order valence-corrected chi connectivity index (χ4v) is 3.00. The van der Waals surface area contributed by atoms with Crippen LogP contribution in [0, 0.1) is 11.3 Å². The van der Waals surface area contributed by atoms with Crippen molar-refractivity contribution < 1.29 is 0 Å². The number of para-hydroxylation sites is 1. The highest BCUT2D eigenvalue weighted by atomic mass is 15.2. The zero-order chi connectivity index (χ0) is 14.7. The van der Waals surface area contributed by atoms with Gasteiger partial charge in [-0.15, -0.1) is 0 Å². The molecule has 0 bridgehead atoms. The van der Waals surface area contributed by atoms with Crippen molar-refractivity contribution in [1.29, 1.82) is 5.26 Å². The Kier molecular flexibility index (Phi) is 3.64. The molecule has 2 aromatic rings. The minimum absolute atomic E-state index is 0.518. The van der Waals surface area contributed by atoms with Crippen molar-refractivity contribution in [2.45, 2.75) is 18.4 Å². The fourth-order valence-electron chi connectivity index (χ4n) is 3.00. The van der Waals surface area contributed by atoms with E-state index in [1.165, 1.54) is 11.3 Å². The van der Waals surface area contributed by atoms with E-state index in [1.54, 1.807) is 0 Å². The molecule has 0 spiro atoms. The molecule has 0 radical (unpaired) electrons. The van der Waals surface area contributed by atoms with Crippen LogP contribution in [0.25, 0.3) is 0 Å². The Hall–Kier alpha value is -2.31. The van der Waals surface area contributed by atoms with Gasteiger partial charge in [0.1, 0.15) is 5.54 Å². The van der Waals surface area contributed by atoms with Crippen LogP contribution in [-0.4, -0.2) is 13.1 Å². The van der Waals surface area contributed by atoms with E-state index in [4.69, 9.17) is 5.73 Å². The van der Waals surface area contributed by atoms with E-state index in [9.17, 15) is 5.26 Å². The topological polar surface area (TPSA) is 53.1 Å². The maximum absolute atomic E-state index is 9.62. The zero-order valence-corrected chi connectivity index (χ0v) is 12.0. The summed E-state index contributed by atoms with van der Waals surface area (Å²) in [5.41, 5.74) is 8.85. The van der Waals surface area contributed by atoms with Gasteiger partial charge >= 0.3 is 0 Å². The molecule has 3 heteroatoms. The number of rotatable bonds is 3. The zero-order valence-electron chi connectivity index (χ0n) is 12.0. The summed E-state index contributed by atoms with van der Waals surface area (Å²) in [4.78, 5) is 2.25. The van der Waals surface area contributed by atoms with Crippen LogP contribution in [0.5, 0.6) is 0 Å². The summed E-state index contributed by atoms with van der Waals surface area (Å²) in [5, 5.41) is 9.62. The van der Waals surface area contributed by atoms with E-state index >= 15 is 0 Å². The molecule has 0 aromatic heterocycles. The lowest BCUT2D eigenvalue weighted by Gasteiger charge is -2.36. The Balaban J connectivity index is 1.91. The van der Waals surface area contributed by atoms with E-state index in [0.29, 0.717) is 6.54 Å². The second kappa shape index (κ2) is 5.59. The van der Waals surface area contributed by atoms with Crippen LogP contribution in [0.15, 0.2) is 54.6 Å². The van der Waals surface area contributed by atoms with E-state index < -0.39 is 5.54 Å². The maximum atomic E-state index is 9.62. The molecule has 21 heavy (non-hydrogen) atoms. The second-order valence-electron chi connectivity index (χ2n) is 5.60. The highest BCUT2D eigenvalue weighted by molar-refractivity contribution is 5.56. The van der Waals surface area contributed by atoms with Crippen LogP contribution in [0.4, 0.5) is 5.69 Å². The van der Waals surface area contributed by atoms with Gasteiger partial charge in [-0.1, -0.05) is 48.5 Å². The number of nitrogens with two attached hydrogens (primary N) is 1. The second-order valence-corrected chi connectivity index (χ2v) is 5.60. The summed E-state index contributed by atoms with van der Waals surface area (Å²) < 4.78 is 0. The quantitative estimate of drug-likeness (QED) is 0.938. The Morgan fingerprint density at radius 2 is 1.81 bits per heavy atom. The van der Waals surface area contributed by atoms with Crippen molar-refractivity contribution in [3.05, 3.63) is 65.7 Å². The van der Waals surface area contributed by atoms with E-state index in [2.05, 4.69) is 29.2 Å². The smallest absolute Gasteiger partial charge is 0.147 e. The van der Waals surface area contributed by atoms with Crippen LogP contribution in [0.3, 0.4) is 0 Å². The summed E-state index contributed by atoms with van der Waals surface area (Å²) in [6.45, 7) is 1.47. The highest BCUT2D eigenvalue weighted by Gasteiger charge is 2.31. The van der Waals surface area contributed by atoms with Crippen molar-refractivity contribution >= 4 is 5.69 Å². The summed E-state index contributed by atoms with van der Waals surface area (Å²) >= 11 is 0. The first kappa shape index (κ1) is 13.7. The molecule has 2 N–H and O–H groups in total. The third-order valence-electron chi connectivity index (χ3n) is 4.14. The average Bonchev–Trinajstić information content (AvgIpc) is 2.56. The first-order valence-corrected chi connectivity index (χ1v) is 7.31. The number of hydrogen-bond acceptors (Lipinski definition) is 3. The SMILES string of the molecule is N#CC(N)(CN1CCCc2ccccc21)c1ccccc1. The first-order chi connectivity index (χ1) is 10.2. The Labute approximate surface area is 125 Å². The molecular formula is C18H19N3. The lowest BCUT2D eigenvalue weighted by Crippen LogP contribution is -2.48. The highest BCUT2D eigenvalue weighted by Crippen LogP contribution is 2.29. The molecule has 1 atom stereocenters. The molecule has 0 saturated carbocycles. The fraction of sp³-hybridized carbons (Fsp3) is 0.278. The molecule has 0 saturated heterocycles. The van der Waals surface area contributed by atoms with Gasteiger partial charge in [-0.05, 0) is 30.0 Å². The molecule has 2 aromatic carbocycles. The summed E-state index contributed by atoms with van der Waals surface area (Å²) in [6.07, 6.45) is 2.20. The largest absolute Gasteiger partial charge is 0.368 e. The van der Waals surface area contributed by atoms with Crippen molar-refractivity contribution in [2.24, 2.45) is 5.73 Å². The predicted molar refractivity (Wildman–Crippen MR) is 84.9 cm³/mol.